The van der Waals surface area contributed by atoms with Crippen LogP contribution in [0.15, 0.2) is 12.2 Å². The molecule has 272 valence electrons. The molecule has 46 heavy (non-hydrogen) atoms. The van der Waals surface area contributed by atoms with E-state index in [-0.39, 0.29) is 12.3 Å². The first-order valence-electron chi connectivity index (χ1n) is 17.6. The molecule has 12 nitrogen and oxygen atoms in total. The average molecular weight is 682 g/mol. The molecule has 1 aliphatic rings. The molecule has 0 aromatic carbocycles. The number of phosphoric acid groups is 1. The largest absolute Gasteiger partial charge is 0.472 e. The van der Waals surface area contributed by atoms with Crippen LogP contribution >= 0.6 is 7.82 Å². The molecular formula is C33H64NO11P. The predicted octanol–water partition coefficient (Wildman–Crippen LogP) is 4.16. The van der Waals surface area contributed by atoms with Crippen LogP contribution in [0.5, 0.6) is 0 Å². The van der Waals surface area contributed by atoms with Gasteiger partial charge in [0.25, 0.3) is 0 Å². The quantitative estimate of drug-likeness (QED) is 0.0351. The Bertz CT molecular complexity index is 847. The summed E-state index contributed by atoms with van der Waals surface area (Å²) in [7, 11) is -5.05. The molecule has 13 heteroatoms. The summed E-state index contributed by atoms with van der Waals surface area (Å²) in [4.78, 5) is 23.0. The summed E-state index contributed by atoms with van der Waals surface area (Å²) >= 11 is 0. The minimum atomic E-state index is -5.05. The van der Waals surface area contributed by atoms with Crippen molar-refractivity contribution in [3.63, 3.8) is 0 Å². The van der Waals surface area contributed by atoms with E-state index in [9.17, 15) is 44.9 Å². The maximum absolute atomic E-state index is 12.7. The molecule has 0 radical (unpaired) electrons. The van der Waals surface area contributed by atoms with Gasteiger partial charge in [-0.25, -0.2) is 4.57 Å². The van der Waals surface area contributed by atoms with E-state index in [1.54, 1.807) is 0 Å². The van der Waals surface area contributed by atoms with E-state index in [1.807, 2.05) is 6.08 Å². The van der Waals surface area contributed by atoms with Crippen molar-refractivity contribution in [2.75, 3.05) is 6.61 Å². The molecule has 1 saturated carbocycles. The van der Waals surface area contributed by atoms with Gasteiger partial charge in [0.2, 0.25) is 5.91 Å². The van der Waals surface area contributed by atoms with Crippen LogP contribution in [0.1, 0.15) is 136 Å². The number of unbranched alkanes of at least 4 members (excludes halogenated alkanes) is 16. The summed E-state index contributed by atoms with van der Waals surface area (Å²) in [6.45, 7) is 3.72. The zero-order valence-electron chi connectivity index (χ0n) is 28.1. The third-order valence-electron chi connectivity index (χ3n) is 8.57. The van der Waals surface area contributed by atoms with E-state index in [2.05, 4.69) is 19.2 Å². The Morgan fingerprint density at radius 1 is 0.717 bits per heavy atom. The number of carbonyl (C=O) groups excluding carboxylic acids is 1. The summed E-state index contributed by atoms with van der Waals surface area (Å²) in [6, 6.07) is -1.11. The number of amides is 1. The van der Waals surface area contributed by atoms with Crippen LogP contribution < -0.4 is 5.32 Å². The lowest BCUT2D eigenvalue weighted by atomic mass is 9.85. The summed E-state index contributed by atoms with van der Waals surface area (Å²) < 4.78 is 22.6. The minimum Gasteiger partial charge on any atom is -0.387 e. The van der Waals surface area contributed by atoms with Gasteiger partial charge in [0.1, 0.15) is 36.6 Å². The maximum atomic E-state index is 12.7. The van der Waals surface area contributed by atoms with E-state index in [0.29, 0.717) is 6.42 Å². The molecule has 8 N–H and O–H groups in total. The van der Waals surface area contributed by atoms with Gasteiger partial charge in [0.05, 0.1) is 18.8 Å². The standard InChI is InChI=1S/C33H64NO11P/c1-3-5-7-9-11-12-13-14-15-17-18-20-22-26(35)25(34-27(36)23-21-19-16-10-8-6-4-2)24-44-46(42,43)45-33-31(40)29(38)28(37)30(39)32(33)41/h20,22,25-26,28-33,35,37-41H,3-19,21,23-24H2,1-2H3,(H,34,36)(H,42,43)/b22-20+/t25-,26+,28?,29+,30?,31?,32?,33?/m0/s1. The van der Waals surface area contributed by atoms with Crippen LogP contribution in [0.4, 0.5) is 0 Å². The Balaban J connectivity index is 2.65. The predicted molar refractivity (Wildman–Crippen MR) is 177 cm³/mol. The van der Waals surface area contributed by atoms with Crippen LogP contribution in [0.25, 0.3) is 0 Å². The van der Waals surface area contributed by atoms with E-state index >= 15 is 0 Å². The van der Waals surface area contributed by atoms with E-state index in [1.165, 1.54) is 57.4 Å². The van der Waals surface area contributed by atoms with Crippen molar-refractivity contribution < 1.29 is 53.9 Å². The molecule has 0 aromatic heterocycles. The van der Waals surface area contributed by atoms with Gasteiger partial charge >= 0.3 is 7.82 Å². The van der Waals surface area contributed by atoms with Crippen molar-refractivity contribution in [3.8, 4) is 0 Å². The molecule has 0 bridgehead atoms. The molecular weight excluding hydrogens is 617 g/mol. The van der Waals surface area contributed by atoms with Gasteiger partial charge in [-0.1, -0.05) is 122 Å². The van der Waals surface area contributed by atoms with Gasteiger partial charge in [-0.15, -0.1) is 0 Å². The van der Waals surface area contributed by atoms with Gasteiger partial charge < -0.3 is 40.8 Å². The zero-order chi connectivity index (χ0) is 34.4. The van der Waals surface area contributed by atoms with Crippen LogP contribution in [-0.2, 0) is 18.4 Å². The highest BCUT2D eigenvalue weighted by Crippen LogP contribution is 2.47. The molecule has 0 spiro atoms. The number of rotatable bonds is 27. The summed E-state index contributed by atoms with van der Waals surface area (Å²) in [6.07, 6.45) is 10.5. The van der Waals surface area contributed by atoms with Gasteiger partial charge in [-0.05, 0) is 19.3 Å². The lowest BCUT2D eigenvalue weighted by Crippen LogP contribution is -2.64. The number of phosphoric ester groups is 1. The SMILES string of the molecule is CCCCCCCCCCCC/C=C/[C@@H](O)[C@H](COP(=O)(O)OC1C(O)C(O)C(O)[C@@H](O)C1O)NC(=O)CCCCCCCCC. The van der Waals surface area contributed by atoms with Crippen LogP contribution in [-0.4, -0.2) is 96.8 Å². The molecule has 0 saturated heterocycles. The molecule has 1 fully saturated rings. The molecule has 1 aliphatic carbocycles. The Hall–Kier alpha value is -0.920. The smallest absolute Gasteiger partial charge is 0.387 e. The lowest BCUT2D eigenvalue weighted by molar-refractivity contribution is -0.220. The molecule has 0 aromatic rings. The molecule has 9 atom stereocenters. The number of hydrogen-bond acceptors (Lipinski definition) is 10. The average Bonchev–Trinajstić information content (AvgIpc) is 3.03. The number of allylic oxidation sites excluding steroid dienone is 1. The fourth-order valence-electron chi connectivity index (χ4n) is 5.55. The van der Waals surface area contributed by atoms with E-state index in [4.69, 9.17) is 9.05 Å². The van der Waals surface area contributed by atoms with Crippen LogP contribution in [0.3, 0.4) is 0 Å². The topological polar surface area (TPSA) is 206 Å². The first-order valence-corrected chi connectivity index (χ1v) is 19.1. The summed E-state index contributed by atoms with van der Waals surface area (Å²) in [5.41, 5.74) is 0. The number of nitrogens with one attached hydrogen (secondary N) is 1. The van der Waals surface area contributed by atoms with Crippen LogP contribution in [0, 0.1) is 0 Å². The third kappa shape index (κ3) is 18.0. The lowest BCUT2D eigenvalue weighted by Gasteiger charge is -2.41. The number of aliphatic hydroxyl groups is 6. The Labute approximate surface area is 276 Å². The third-order valence-corrected chi connectivity index (χ3v) is 9.55. The second-order valence-corrected chi connectivity index (χ2v) is 14.1. The number of carbonyl (C=O) groups is 1. The van der Waals surface area contributed by atoms with Crippen molar-refractivity contribution in [2.45, 2.75) is 185 Å². The highest BCUT2D eigenvalue weighted by molar-refractivity contribution is 7.47. The van der Waals surface area contributed by atoms with Crippen molar-refractivity contribution in [3.05, 3.63) is 12.2 Å². The number of aliphatic hydroxyl groups excluding tert-OH is 6. The molecule has 0 aliphatic heterocycles. The van der Waals surface area contributed by atoms with Gasteiger partial charge in [-0.3, -0.25) is 13.8 Å². The fraction of sp³-hybridized carbons (Fsp3) is 0.909. The summed E-state index contributed by atoms with van der Waals surface area (Å²) in [5.74, 6) is -0.351. The Kier molecular flexibility index (Phi) is 23.5. The van der Waals surface area contributed by atoms with Crippen molar-refractivity contribution >= 4 is 13.7 Å². The minimum absolute atomic E-state index is 0.213. The number of hydrogen-bond donors (Lipinski definition) is 8. The van der Waals surface area contributed by atoms with Crippen molar-refractivity contribution in [2.24, 2.45) is 0 Å². The van der Waals surface area contributed by atoms with Crippen molar-refractivity contribution in [1.82, 2.24) is 5.32 Å². The molecule has 6 unspecified atom stereocenters. The van der Waals surface area contributed by atoms with Gasteiger partial charge in [0, 0.05) is 6.42 Å². The molecule has 0 heterocycles. The van der Waals surface area contributed by atoms with Crippen LogP contribution in [0.2, 0.25) is 0 Å². The fourth-order valence-corrected chi connectivity index (χ4v) is 6.51. The highest BCUT2D eigenvalue weighted by atomic mass is 31.2. The van der Waals surface area contributed by atoms with Crippen molar-refractivity contribution in [1.29, 1.82) is 0 Å². The Morgan fingerprint density at radius 3 is 1.65 bits per heavy atom. The monoisotopic (exact) mass is 681 g/mol. The second-order valence-electron chi connectivity index (χ2n) is 12.7. The maximum Gasteiger partial charge on any atom is 0.472 e. The molecule has 1 amide bonds. The zero-order valence-corrected chi connectivity index (χ0v) is 29.0. The first kappa shape index (κ1) is 43.1. The first-order chi connectivity index (χ1) is 21.9. The van der Waals surface area contributed by atoms with E-state index < -0.39 is 63.2 Å². The van der Waals surface area contributed by atoms with Gasteiger partial charge in [0.15, 0.2) is 0 Å². The van der Waals surface area contributed by atoms with E-state index in [0.717, 1.165) is 57.8 Å². The normalized spacial score (nSPS) is 26.2. The Morgan fingerprint density at radius 2 is 1.15 bits per heavy atom. The summed E-state index contributed by atoms with van der Waals surface area (Å²) in [5, 5.41) is 63.3. The second kappa shape index (κ2) is 25.1. The highest BCUT2D eigenvalue weighted by Gasteiger charge is 2.51. The van der Waals surface area contributed by atoms with Gasteiger partial charge in [-0.2, -0.15) is 0 Å². The molecule has 1 rings (SSSR count).